The maximum Gasteiger partial charge on any atom is 0.374 e. The van der Waals surface area contributed by atoms with E-state index in [1.54, 1.807) is 12.1 Å². The van der Waals surface area contributed by atoms with Crippen molar-refractivity contribution in [3.63, 3.8) is 0 Å². The van der Waals surface area contributed by atoms with E-state index in [1.807, 2.05) is 0 Å². The van der Waals surface area contributed by atoms with Gasteiger partial charge in [-0.1, -0.05) is 0 Å². The zero-order chi connectivity index (χ0) is 11.4. The van der Waals surface area contributed by atoms with Gasteiger partial charge in [0, 0.05) is 6.07 Å². The van der Waals surface area contributed by atoms with Crippen molar-refractivity contribution in [3.8, 4) is 5.95 Å². The van der Waals surface area contributed by atoms with Crippen LogP contribution in [0.5, 0.6) is 5.95 Å². The molecule has 2 rings (SSSR count). The monoisotopic (exact) mass is 225 g/mol. The van der Waals surface area contributed by atoms with Gasteiger partial charge in [0.25, 0.3) is 5.95 Å². The Morgan fingerprint density at radius 2 is 2.19 bits per heavy atom. The number of carbonyl (C=O) groups is 1. The van der Waals surface area contributed by atoms with Gasteiger partial charge in [-0.15, -0.1) is 0 Å². The highest BCUT2D eigenvalue weighted by Crippen LogP contribution is 2.20. The molecule has 0 unspecified atom stereocenters. The van der Waals surface area contributed by atoms with Gasteiger partial charge in [-0.25, -0.2) is 4.79 Å². The number of piperidine rings is 1. The fraction of sp³-hybridized carbons (Fsp3) is 0.545. The van der Waals surface area contributed by atoms with Gasteiger partial charge in [0.15, 0.2) is 0 Å². The van der Waals surface area contributed by atoms with Gasteiger partial charge in [0.05, 0.1) is 7.11 Å². The molecule has 1 saturated heterocycles. The molecule has 1 aliphatic rings. The Balaban J connectivity index is 1.94. The van der Waals surface area contributed by atoms with Gasteiger partial charge in [-0.2, -0.15) is 0 Å². The summed E-state index contributed by atoms with van der Waals surface area (Å²) in [5.41, 5.74) is 0. The Morgan fingerprint density at radius 1 is 1.44 bits per heavy atom. The van der Waals surface area contributed by atoms with E-state index in [-0.39, 0.29) is 11.9 Å². The zero-order valence-corrected chi connectivity index (χ0v) is 9.19. The molecule has 0 spiro atoms. The Kier molecular flexibility index (Phi) is 3.46. The van der Waals surface area contributed by atoms with Crippen LogP contribution in [0.25, 0.3) is 0 Å². The van der Waals surface area contributed by atoms with Gasteiger partial charge in [0.2, 0.25) is 5.76 Å². The molecule has 5 nitrogen and oxygen atoms in total. The van der Waals surface area contributed by atoms with Crippen LogP contribution in [0.1, 0.15) is 23.4 Å². The lowest BCUT2D eigenvalue weighted by Crippen LogP contribution is -2.34. The van der Waals surface area contributed by atoms with E-state index in [0.29, 0.717) is 5.95 Å². The fourth-order valence-electron chi connectivity index (χ4n) is 1.67. The predicted octanol–water partition coefficient (Wildman–Crippen LogP) is 1.20. The standard InChI is InChI=1S/C11H15NO4/c1-14-11(13)9-2-3-10(16-9)15-8-4-6-12-7-5-8/h2-3,8,12H,4-7H2,1H3. The number of carbonyl (C=O) groups excluding carboxylic acids is 1. The molecule has 1 N–H and O–H groups in total. The van der Waals surface area contributed by atoms with Crippen LogP contribution < -0.4 is 10.1 Å². The lowest BCUT2D eigenvalue weighted by Gasteiger charge is -2.22. The molecule has 88 valence electrons. The second kappa shape index (κ2) is 5.03. The summed E-state index contributed by atoms with van der Waals surface area (Å²) in [6, 6.07) is 3.20. The van der Waals surface area contributed by atoms with E-state index in [2.05, 4.69) is 10.1 Å². The quantitative estimate of drug-likeness (QED) is 0.783. The summed E-state index contributed by atoms with van der Waals surface area (Å²) >= 11 is 0. The SMILES string of the molecule is COC(=O)c1ccc(OC2CCNCC2)o1. The molecule has 0 aromatic carbocycles. The smallest absolute Gasteiger partial charge is 0.374 e. The molecule has 0 atom stereocenters. The maximum absolute atomic E-state index is 11.1. The van der Waals surface area contributed by atoms with E-state index in [4.69, 9.17) is 9.15 Å². The summed E-state index contributed by atoms with van der Waals surface area (Å²) in [6.45, 7) is 1.91. The minimum atomic E-state index is -0.486. The van der Waals surface area contributed by atoms with Crippen molar-refractivity contribution in [2.24, 2.45) is 0 Å². The van der Waals surface area contributed by atoms with Crippen molar-refractivity contribution in [1.82, 2.24) is 5.32 Å². The van der Waals surface area contributed by atoms with E-state index < -0.39 is 5.97 Å². The second-order valence-corrected chi connectivity index (χ2v) is 3.68. The number of methoxy groups -OCH3 is 1. The first-order valence-corrected chi connectivity index (χ1v) is 5.35. The number of esters is 1. The van der Waals surface area contributed by atoms with Crippen LogP contribution in [0.4, 0.5) is 0 Å². The van der Waals surface area contributed by atoms with E-state index in [0.717, 1.165) is 25.9 Å². The average Bonchev–Trinajstić information content (AvgIpc) is 2.78. The first-order valence-electron chi connectivity index (χ1n) is 5.35. The number of nitrogens with one attached hydrogen (secondary N) is 1. The highest BCUT2D eigenvalue weighted by atomic mass is 16.6. The molecule has 2 heterocycles. The number of hydrogen-bond donors (Lipinski definition) is 1. The minimum Gasteiger partial charge on any atom is -0.463 e. The van der Waals surface area contributed by atoms with E-state index >= 15 is 0 Å². The van der Waals surface area contributed by atoms with Crippen LogP contribution in [0.3, 0.4) is 0 Å². The first kappa shape index (κ1) is 11.0. The number of rotatable bonds is 3. The normalized spacial score (nSPS) is 17.1. The number of furan rings is 1. The zero-order valence-electron chi connectivity index (χ0n) is 9.19. The lowest BCUT2D eigenvalue weighted by atomic mass is 10.1. The summed E-state index contributed by atoms with van der Waals surface area (Å²) in [5.74, 6) is 0.0684. The highest BCUT2D eigenvalue weighted by Gasteiger charge is 2.17. The van der Waals surface area contributed by atoms with Crippen molar-refractivity contribution in [2.75, 3.05) is 20.2 Å². The molecule has 1 fully saturated rings. The van der Waals surface area contributed by atoms with Crippen molar-refractivity contribution < 1.29 is 18.7 Å². The Labute approximate surface area is 93.7 Å². The van der Waals surface area contributed by atoms with Crippen LogP contribution >= 0.6 is 0 Å². The molecular formula is C11H15NO4. The third kappa shape index (κ3) is 2.55. The molecule has 1 aliphatic heterocycles. The average molecular weight is 225 g/mol. The Bertz CT molecular complexity index is 355. The van der Waals surface area contributed by atoms with Gasteiger partial charge in [-0.3, -0.25) is 0 Å². The molecule has 1 aromatic rings. The molecule has 16 heavy (non-hydrogen) atoms. The predicted molar refractivity (Wildman–Crippen MR) is 56.6 cm³/mol. The molecule has 1 aromatic heterocycles. The van der Waals surface area contributed by atoms with Crippen LogP contribution in [0.15, 0.2) is 16.5 Å². The topological polar surface area (TPSA) is 60.7 Å². The molecule has 0 saturated carbocycles. The largest absolute Gasteiger partial charge is 0.463 e. The lowest BCUT2D eigenvalue weighted by molar-refractivity contribution is 0.0545. The molecule has 5 heteroatoms. The summed E-state index contributed by atoms with van der Waals surface area (Å²) in [7, 11) is 1.32. The fourth-order valence-corrected chi connectivity index (χ4v) is 1.67. The number of hydrogen-bond acceptors (Lipinski definition) is 5. The van der Waals surface area contributed by atoms with Crippen LogP contribution in [0.2, 0.25) is 0 Å². The van der Waals surface area contributed by atoms with Crippen molar-refractivity contribution >= 4 is 5.97 Å². The van der Waals surface area contributed by atoms with Gasteiger partial charge < -0.3 is 19.2 Å². The second-order valence-electron chi connectivity index (χ2n) is 3.68. The molecule has 0 aliphatic carbocycles. The minimum absolute atomic E-state index is 0.165. The Morgan fingerprint density at radius 3 is 2.88 bits per heavy atom. The third-order valence-electron chi connectivity index (χ3n) is 2.54. The highest BCUT2D eigenvalue weighted by molar-refractivity contribution is 5.86. The summed E-state index contributed by atoms with van der Waals surface area (Å²) < 4.78 is 15.4. The summed E-state index contributed by atoms with van der Waals surface area (Å²) in [4.78, 5) is 11.1. The molecule has 0 bridgehead atoms. The molecule has 0 amide bonds. The van der Waals surface area contributed by atoms with Crippen molar-refractivity contribution in [3.05, 3.63) is 17.9 Å². The van der Waals surface area contributed by atoms with Crippen LogP contribution in [-0.4, -0.2) is 32.3 Å². The molecule has 0 radical (unpaired) electrons. The van der Waals surface area contributed by atoms with E-state index in [1.165, 1.54) is 7.11 Å². The summed E-state index contributed by atoms with van der Waals surface area (Å²) in [5, 5.41) is 3.25. The van der Waals surface area contributed by atoms with E-state index in [9.17, 15) is 4.79 Å². The van der Waals surface area contributed by atoms with Crippen LogP contribution in [0, 0.1) is 0 Å². The van der Waals surface area contributed by atoms with Crippen molar-refractivity contribution in [2.45, 2.75) is 18.9 Å². The van der Waals surface area contributed by atoms with Crippen molar-refractivity contribution in [1.29, 1.82) is 0 Å². The van der Waals surface area contributed by atoms with Gasteiger partial charge >= 0.3 is 5.97 Å². The Hall–Kier alpha value is -1.49. The van der Waals surface area contributed by atoms with Gasteiger partial charge in [-0.05, 0) is 32.0 Å². The molecular weight excluding hydrogens is 210 g/mol. The van der Waals surface area contributed by atoms with Gasteiger partial charge in [0.1, 0.15) is 6.10 Å². The summed E-state index contributed by atoms with van der Waals surface area (Å²) in [6.07, 6.45) is 2.07. The number of ether oxygens (including phenoxy) is 2. The first-order chi connectivity index (χ1) is 7.79. The van der Waals surface area contributed by atoms with Crippen LogP contribution in [-0.2, 0) is 4.74 Å². The third-order valence-corrected chi connectivity index (χ3v) is 2.54. The maximum atomic E-state index is 11.1.